The molecule has 1 atom stereocenters. The normalized spacial score (nSPS) is 11.7. The summed E-state index contributed by atoms with van der Waals surface area (Å²) < 4.78 is 5.03. The number of nitrogens with zero attached hydrogens (tertiary/aromatic N) is 2. The summed E-state index contributed by atoms with van der Waals surface area (Å²) in [5.74, 6) is -0.433. The minimum Gasteiger partial charge on any atom is -0.480 e. The minimum atomic E-state index is -1.09. The molecular weight excluding hydrogens is 332 g/mol. The van der Waals surface area contributed by atoms with E-state index in [1.54, 1.807) is 0 Å². The fourth-order valence-corrected chi connectivity index (χ4v) is 2.62. The van der Waals surface area contributed by atoms with Crippen molar-refractivity contribution < 1.29 is 19.4 Å². The van der Waals surface area contributed by atoms with Crippen molar-refractivity contribution in [2.45, 2.75) is 30.6 Å². The van der Waals surface area contributed by atoms with Crippen LogP contribution >= 0.6 is 11.8 Å². The van der Waals surface area contributed by atoms with Gasteiger partial charge in [0, 0.05) is 5.75 Å². The Morgan fingerprint density at radius 1 is 1.33 bits per heavy atom. The Morgan fingerprint density at radius 2 is 2.12 bits per heavy atom. The van der Waals surface area contributed by atoms with Crippen LogP contribution in [0.1, 0.15) is 18.4 Å². The molecule has 1 heterocycles. The molecule has 1 amide bonds. The monoisotopic (exact) mass is 350 g/mol. The van der Waals surface area contributed by atoms with E-state index in [1.165, 1.54) is 18.1 Å². The molecule has 0 fully saturated rings. The Balaban J connectivity index is 1.69. The first-order valence-corrected chi connectivity index (χ1v) is 8.32. The molecule has 0 aliphatic rings. The third-order valence-electron chi connectivity index (χ3n) is 3.06. The number of H-pyrrole nitrogens is 1. The number of hydrogen-bond donors (Lipinski definition) is 3. The first-order valence-electron chi connectivity index (χ1n) is 7.33. The van der Waals surface area contributed by atoms with Gasteiger partial charge in [0.1, 0.15) is 19.0 Å². The molecule has 0 spiro atoms. The molecule has 0 saturated carbocycles. The fourth-order valence-electron chi connectivity index (χ4n) is 1.88. The summed E-state index contributed by atoms with van der Waals surface area (Å²) >= 11 is 1.42. The van der Waals surface area contributed by atoms with Gasteiger partial charge in [-0.1, -0.05) is 42.1 Å². The van der Waals surface area contributed by atoms with Gasteiger partial charge in [0.15, 0.2) is 0 Å². The zero-order valence-electron chi connectivity index (χ0n) is 12.8. The number of carbonyl (C=O) groups excluding carboxylic acids is 1. The summed E-state index contributed by atoms with van der Waals surface area (Å²) in [4.78, 5) is 26.9. The zero-order chi connectivity index (χ0) is 17.2. The molecular formula is C15H18N4O4S. The van der Waals surface area contributed by atoms with Crippen molar-refractivity contribution in [1.82, 2.24) is 20.5 Å². The predicted octanol–water partition coefficient (Wildman–Crippen LogP) is 2.06. The van der Waals surface area contributed by atoms with E-state index >= 15 is 0 Å². The van der Waals surface area contributed by atoms with Crippen LogP contribution in [0.15, 0.2) is 41.8 Å². The second-order valence-electron chi connectivity index (χ2n) is 4.87. The summed E-state index contributed by atoms with van der Waals surface area (Å²) in [5, 5.41) is 18.7. The maximum atomic E-state index is 11.7. The van der Waals surface area contributed by atoms with E-state index < -0.39 is 18.1 Å². The number of rotatable bonds is 9. The molecule has 0 bridgehead atoms. The zero-order valence-corrected chi connectivity index (χ0v) is 13.7. The number of alkyl carbamates (subject to hydrolysis) is 1. The van der Waals surface area contributed by atoms with Crippen LogP contribution in [0, 0.1) is 0 Å². The second kappa shape index (κ2) is 9.56. The molecule has 9 heteroatoms. The van der Waals surface area contributed by atoms with Crippen molar-refractivity contribution in [2.75, 3.05) is 5.75 Å². The number of benzene rings is 1. The number of ether oxygens (including phenoxy) is 1. The van der Waals surface area contributed by atoms with Crippen LogP contribution in [-0.2, 0) is 16.1 Å². The van der Waals surface area contributed by atoms with Crippen LogP contribution in [0.25, 0.3) is 0 Å². The highest BCUT2D eigenvalue weighted by molar-refractivity contribution is 7.99. The van der Waals surface area contributed by atoms with Gasteiger partial charge in [-0.2, -0.15) is 0 Å². The van der Waals surface area contributed by atoms with E-state index in [4.69, 9.17) is 4.74 Å². The van der Waals surface area contributed by atoms with Crippen LogP contribution in [0.3, 0.4) is 0 Å². The summed E-state index contributed by atoms with van der Waals surface area (Å²) in [7, 11) is 0. The molecule has 0 aliphatic carbocycles. The van der Waals surface area contributed by atoms with Crippen LogP contribution in [-0.4, -0.2) is 44.1 Å². The number of hydrogen-bond acceptors (Lipinski definition) is 6. The number of aromatic nitrogens is 3. The summed E-state index contributed by atoms with van der Waals surface area (Å²) in [5.41, 5.74) is 0.836. The fraction of sp³-hybridized carbons (Fsp3) is 0.333. The van der Waals surface area contributed by atoms with E-state index in [2.05, 4.69) is 20.5 Å². The lowest BCUT2D eigenvalue weighted by atomic mass is 10.2. The molecule has 3 N–H and O–H groups in total. The molecule has 128 valence electrons. The summed E-state index contributed by atoms with van der Waals surface area (Å²) in [6.07, 6.45) is 1.63. The van der Waals surface area contributed by atoms with Crippen molar-refractivity contribution >= 4 is 23.8 Å². The van der Waals surface area contributed by atoms with Gasteiger partial charge in [-0.3, -0.25) is 5.10 Å². The Hall–Kier alpha value is -2.55. The average molecular weight is 350 g/mol. The summed E-state index contributed by atoms with van der Waals surface area (Å²) in [6.45, 7) is 0.0969. The molecule has 1 unspecified atom stereocenters. The van der Waals surface area contributed by atoms with E-state index in [0.29, 0.717) is 23.8 Å². The quantitative estimate of drug-likeness (QED) is 0.468. The molecule has 24 heavy (non-hydrogen) atoms. The lowest BCUT2D eigenvalue weighted by Gasteiger charge is -2.14. The second-order valence-corrected chi connectivity index (χ2v) is 5.93. The number of amides is 1. The number of aromatic amines is 1. The molecule has 0 aliphatic heterocycles. The van der Waals surface area contributed by atoms with Crippen LogP contribution < -0.4 is 5.32 Å². The van der Waals surface area contributed by atoms with Crippen LogP contribution in [0.4, 0.5) is 4.79 Å². The Labute approximate surface area is 143 Å². The molecule has 0 radical (unpaired) electrons. The molecule has 2 aromatic rings. The highest BCUT2D eigenvalue weighted by atomic mass is 32.2. The average Bonchev–Trinajstić information content (AvgIpc) is 3.10. The van der Waals surface area contributed by atoms with Gasteiger partial charge in [-0.05, 0) is 18.4 Å². The van der Waals surface area contributed by atoms with E-state index in [0.717, 1.165) is 5.56 Å². The van der Waals surface area contributed by atoms with Gasteiger partial charge in [-0.25, -0.2) is 14.6 Å². The van der Waals surface area contributed by atoms with E-state index in [-0.39, 0.29) is 6.61 Å². The Morgan fingerprint density at radius 3 is 2.79 bits per heavy atom. The number of carbonyl (C=O) groups is 2. The van der Waals surface area contributed by atoms with Gasteiger partial charge in [0.2, 0.25) is 5.16 Å². The number of aliphatic carboxylic acids is 1. The summed E-state index contributed by atoms with van der Waals surface area (Å²) in [6, 6.07) is 8.19. The highest BCUT2D eigenvalue weighted by Gasteiger charge is 2.20. The van der Waals surface area contributed by atoms with Gasteiger partial charge in [0.25, 0.3) is 0 Å². The third-order valence-corrected chi connectivity index (χ3v) is 4.01. The standard InChI is InChI=1S/C15H18N4O4S/c20-13(21)12(7-4-8-24-14-16-10-17-19-14)18-15(22)23-9-11-5-2-1-3-6-11/h1-3,5-6,10,12H,4,7-9H2,(H,18,22)(H,20,21)(H,16,17,19). The number of carboxylic acid groups (broad SMARTS) is 1. The maximum Gasteiger partial charge on any atom is 0.408 e. The largest absolute Gasteiger partial charge is 0.480 e. The topological polar surface area (TPSA) is 117 Å². The third kappa shape index (κ3) is 6.29. The lowest BCUT2D eigenvalue weighted by Crippen LogP contribution is -2.41. The van der Waals surface area contributed by atoms with E-state index in [9.17, 15) is 14.7 Å². The molecule has 0 saturated heterocycles. The first kappa shape index (κ1) is 17.8. The molecule has 1 aromatic carbocycles. The van der Waals surface area contributed by atoms with Gasteiger partial charge < -0.3 is 15.2 Å². The van der Waals surface area contributed by atoms with Crippen molar-refractivity contribution in [3.8, 4) is 0 Å². The van der Waals surface area contributed by atoms with Gasteiger partial charge in [-0.15, -0.1) is 5.10 Å². The highest BCUT2D eigenvalue weighted by Crippen LogP contribution is 2.14. The molecule has 2 rings (SSSR count). The number of nitrogens with one attached hydrogen (secondary N) is 2. The number of thioether (sulfide) groups is 1. The molecule has 1 aromatic heterocycles. The van der Waals surface area contributed by atoms with Crippen molar-refractivity contribution in [3.05, 3.63) is 42.2 Å². The van der Waals surface area contributed by atoms with Crippen molar-refractivity contribution in [1.29, 1.82) is 0 Å². The van der Waals surface area contributed by atoms with Crippen molar-refractivity contribution in [3.63, 3.8) is 0 Å². The van der Waals surface area contributed by atoms with Gasteiger partial charge in [0.05, 0.1) is 0 Å². The van der Waals surface area contributed by atoms with E-state index in [1.807, 2.05) is 30.3 Å². The first-order chi connectivity index (χ1) is 11.6. The SMILES string of the molecule is O=C(NC(CCCSc1nc[nH]n1)C(=O)O)OCc1ccccc1. The van der Waals surface area contributed by atoms with Crippen LogP contribution in [0.5, 0.6) is 0 Å². The van der Waals surface area contributed by atoms with Gasteiger partial charge >= 0.3 is 12.1 Å². The maximum absolute atomic E-state index is 11.7. The minimum absolute atomic E-state index is 0.0969. The van der Waals surface area contributed by atoms with Crippen molar-refractivity contribution in [2.24, 2.45) is 0 Å². The number of carboxylic acids is 1. The predicted molar refractivity (Wildman–Crippen MR) is 87.5 cm³/mol. The Kier molecular flexibility index (Phi) is 7.09. The smallest absolute Gasteiger partial charge is 0.408 e. The molecule has 8 nitrogen and oxygen atoms in total. The Bertz CT molecular complexity index is 636. The lowest BCUT2D eigenvalue weighted by molar-refractivity contribution is -0.139. The van der Waals surface area contributed by atoms with Crippen LogP contribution in [0.2, 0.25) is 0 Å².